The molecule has 0 fully saturated rings. The fourth-order valence-corrected chi connectivity index (χ4v) is 30.4. The normalized spacial score (nSPS) is 17.2. The summed E-state index contributed by atoms with van der Waals surface area (Å²) in [5.41, 5.74) is 15.2. The van der Waals surface area contributed by atoms with Gasteiger partial charge in [-0.25, -0.2) is 0 Å². The molecule has 0 radical (unpaired) electrons. The maximum atomic E-state index is 2.68. The van der Waals surface area contributed by atoms with Crippen molar-refractivity contribution in [1.82, 2.24) is 0 Å². The first-order valence-electron chi connectivity index (χ1n) is 14.0. The molecular formula is C35H44Cl2SiZr. The van der Waals surface area contributed by atoms with Gasteiger partial charge in [-0.1, -0.05) is 0 Å². The summed E-state index contributed by atoms with van der Waals surface area (Å²) in [6.07, 6.45) is 5.19. The second kappa shape index (κ2) is 12.8. The van der Waals surface area contributed by atoms with Crippen LogP contribution in [0.5, 0.6) is 0 Å². The summed E-state index contributed by atoms with van der Waals surface area (Å²) in [7, 11) is 0. The van der Waals surface area contributed by atoms with Gasteiger partial charge in [0.25, 0.3) is 0 Å². The fourth-order valence-electron chi connectivity index (χ4n) is 6.95. The third-order valence-corrected chi connectivity index (χ3v) is 29.5. The number of hydrogen-bond acceptors (Lipinski definition) is 0. The van der Waals surface area contributed by atoms with Crippen LogP contribution < -0.4 is 5.19 Å². The maximum absolute atomic E-state index is 2.68. The first kappa shape index (κ1) is 32.3. The maximum Gasteiger partial charge on any atom is -0.147 e. The molecule has 39 heavy (non-hydrogen) atoms. The largest absolute Gasteiger partial charge is 0.147 e. The summed E-state index contributed by atoms with van der Waals surface area (Å²) < 4.78 is 1.30. The zero-order chi connectivity index (χ0) is 26.6. The van der Waals surface area contributed by atoms with E-state index in [2.05, 4.69) is 129 Å². The van der Waals surface area contributed by atoms with Crippen LogP contribution in [0.3, 0.4) is 0 Å². The predicted octanol–water partition coefficient (Wildman–Crippen LogP) is 10.2. The Balaban J connectivity index is 0.00000210. The molecule has 2 atom stereocenters. The van der Waals surface area contributed by atoms with Gasteiger partial charge in [0.05, 0.1) is 0 Å². The van der Waals surface area contributed by atoms with Crippen molar-refractivity contribution in [2.24, 2.45) is 0 Å². The molecule has 5 rings (SSSR count). The third kappa shape index (κ3) is 5.66. The van der Waals surface area contributed by atoms with Gasteiger partial charge in [-0.15, -0.1) is 24.8 Å². The van der Waals surface area contributed by atoms with Gasteiger partial charge in [0.1, 0.15) is 0 Å². The Morgan fingerprint density at radius 3 is 1.41 bits per heavy atom. The molecule has 2 aliphatic rings. The van der Waals surface area contributed by atoms with Crippen molar-refractivity contribution in [3.05, 3.63) is 110 Å². The molecule has 0 aliphatic heterocycles. The Hall–Kier alpha value is -1.18. The van der Waals surface area contributed by atoms with Crippen molar-refractivity contribution in [2.75, 3.05) is 0 Å². The van der Waals surface area contributed by atoms with E-state index >= 15 is 0 Å². The van der Waals surface area contributed by atoms with E-state index < -0.39 is 25.8 Å². The van der Waals surface area contributed by atoms with E-state index in [0.29, 0.717) is 19.1 Å². The van der Waals surface area contributed by atoms with Gasteiger partial charge in [-0.3, -0.25) is 0 Å². The van der Waals surface area contributed by atoms with Crippen LogP contribution in [0.15, 0.2) is 65.7 Å². The molecule has 0 saturated carbocycles. The van der Waals surface area contributed by atoms with E-state index in [-0.39, 0.29) is 24.8 Å². The molecule has 3 aromatic rings. The third-order valence-electron chi connectivity index (χ3n) is 8.82. The summed E-state index contributed by atoms with van der Waals surface area (Å²) in [4.78, 5) is 0. The first-order chi connectivity index (χ1) is 17.6. The molecule has 2 aliphatic carbocycles. The Labute approximate surface area is 257 Å². The van der Waals surface area contributed by atoms with Gasteiger partial charge in [-0.2, -0.15) is 0 Å². The van der Waals surface area contributed by atoms with Crippen LogP contribution in [0, 0.1) is 13.8 Å². The van der Waals surface area contributed by atoms with E-state index in [1.165, 1.54) is 22.3 Å². The van der Waals surface area contributed by atoms with Crippen molar-refractivity contribution in [3.8, 4) is 0 Å². The van der Waals surface area contributed by atoms with E-state index in [9.17, 15) is 0 Å². The van der Waals surface area contributed by atoms with Gasteiger partial charge < -0.3 is 0 Å². The average molecular weight is 655 g/mol. The summed E-state index contributed by atoms with van der Waals surface area (Å²) >= 11 is -2.27. The van der Waals surface area contributed by atoms with Crippen molar-refractivity contribution in [2.45, 2.75) is 81.0 Å². The van der Waals surface area contributed by atoms with Gasteiger partial charge in [0.15, 0.2) is 0 Å². The number of allylic oxidation sites excluding steroid dienone is 2. The second-order valence-electron chi connectivity index (χ2n) is 12.0. The number of aryl methyl sites for hydroxylation is 2. The molecule has 0 aromatic heterocycles. The topological polar surface area (TPSA) is 0 Å². The minimum atomic E-state index is -2.27. The molecule has 206 valence electrons. The number of halogens is 2. The quantitative estimate of drug-likeness (QED) is 0.240. The van der Waals surface area contributed by atoms with Crippen LogP contribution in [-0.4, -0.2) is 5.43 Å². The van der Waals surface area contributed by atoms with Gasteiger partial charge in [-0.05, 0) is 0 Å². The molecule has 0 bridgehead atoms. The minimum Gasteiger partial charge on any atom is -0.147 e. The zero-order valence-electron chi connectivity index (χ0n) is 25.0. The van der Waals surface area contributed by atoms with E-state index in [4.69, 9.17) is 0 Å². The second-order valence-corrected chi connectivity index (χ2v) is 27.8. The molecule has 0 nitrogen and oxygen atoms in total. The fraction of sp³-hybridized carbons (Fsp3) is 0.371. The number of benzene rings is 3. The van der Waals surface area contributed by atoms with E-state index in [1.54, 1.807) is 38.6 Å². The number of fused-ring (bicyclic) bond motifs is 2. The molecule has 0 spiro atoms. The Morgan fingerprint density at radius 2 is 1.03 bits per heavy atom. The molecule has 0 N–H and O–H groups in total. The summed E-state index contributed by atoms with van der Waals surface area (Å²) in [6, 6.07) is 21.2. The van der Waals surface area contributed by atoms with Crippen LogP contribution >= 0.6 is 24.8 Å². The number of rotatable bonds is 5. The van der Waals surface area contributed by atoms with E-state index in [1.807, 2.05) is 0 Å². The summed E-state index contributed by atoms with van der Waals surface area (Å²) in [5.74, 6) is 1.10. The van der Waals surface area contributed by atoms with Crippen molar-refractivity contribution in [1.29, 1.82) is 0 Å². The SMILES string of the molecule is CC1=Cc2c(C(C)C)ccc(C)c2[CH]1[Zr]([CH]1C(C)=Cc2c(C(C)C)ccc(C)c21)=[Si](C)c1ccccc1.Cl.Cl. The smallest absolute Gasteiger partial charge is 0.147 e. The van der Waals surface area contributed by atoms with Crippen LogP contribution in [0.4, 0.5) is 0 Å². The Kier molecular flexibility index (Phi) is 10.6. The van der Waals surface area contributed by atoms with Crippen LogP contribution in [0.25, 0.3) is 12.2 Å². The predicted molar refractivity (Wildman–Crippen MR) is 176 cm³/mol. The zero-order valence-corrected chi connectivity index (χ0v) is 30.1. The molecular weight excluding hydrogens is 611 g/mol. The van der Waals surface area contributed by atoms with Crippen LogP contribution in [0.2, 0.25) is 6.55 Å². The monoisotopic (exact) mass is 652 g/mol. The van der Waals surface area contributed by atoms with Crippen molar-refractivity contribution >= 4 is 47.6 Å². The molecule has 3 aromatic carbocycles. The Bertz CT molecular complexity index is 1390. The molecule has 0 amide bonds. The Morgan fingerprint density at radius 1 is 0.615 bits per heavy atom. The van der Waals surface area contributed by atoms with Crippen molar-refractivity contribution < 1.29 is 20.4 Å². The summed E-state index contributed by atoms with van der Waals surface area (Å²) in [6.45, 7) is 21.8. The standard InChI is InChI=1S/2C14H17.C7H8Si.2ClH.Zr/c2*1-9(2)12-6-5-11(4)13-7-10(3)8-14(12)13;1-8-7-5-3-2-4-6-7;;;/h2*5-9H,1-4H3;2-6H,1H3;2*1H;. The molecule has 0 heterocycles. The molecule has 0 saturated heterocycles. The molecule has 4 heteroatoms. The van der Waals surface area contributed by atoms with Gasteiger partial charge in [0, 0.05) is 0 Å². The first-order valence-corrected chi connectivity index (χ1v) is 22.5. The number of hydrogen-bond donors (Lipinski definition) is 0. The molecule has 2 unspecified atom stereocenters. The summed E-state index contributed by atoms with van der Waals surface area (Å²) in [5, 5.41) is 1.64. The van der Waals surface area contributed by atoms with Crippen LogP contribution in [0.1, 0.15) is 105 Å². The van der Waals surface area contributed by atoms with Gasteiger partial charge in [0.2, 0.25) is 0 Å². The van der Waals surface area contributed by atoms with Crippen molar-refractivity contribution in [3.63, 3.8) is 0 Å². The van der Waals surface area contributed by atoms with Gasteiger partial charge >= 0.3 is 234 Å². The average Bonchev–Trinajstić information content (AvgIpc) is 3.38. The van der Waals surface area contributed by atoms with E-state index in [0.717, 1.165) is 0 Å². The van der Waals surface area contributed by atoms with Crippen LogP contribution in [-0.2, 0) is 20.4 Å². The minimum absolute atomic E-state index is 0.